The first kappa shape index (κ1) is 20.3. The standard InChI is InChI=1S/C22H31N5OS/c1-25(2)12-7-14-27-21(20(24-22(27)29)18-9-3-4-11-23-18)19-10-5-13-26(19)16-17-8-6-15-28-17/h3-5,9-11,13,17,20-21H,6-8,12,14-16H2,1-2H3,(H,24,29)/t17-,20-,21+/m0/s1. The molecule has 0 spiro atoms. The van der Waals surface area contributed by atoms with Crippen LogP contribution in [-0.4, -0.2) is 64.4 Å². The van der Waals surface area contributed by atoms with Crippen LogP contribution in [0.4, 0.5) is 0 Å². The van der Waals surface area contributed by atoms with Crippen molar-refractivity contribution in [3.05, 3.63) is 54.1 Å². The minimum atomic E-state index is 0.0428. The lowest BCUT2D eigenvalue weighted by atomic mass is 10.0. The zero-order chi connectivity index (χ0) is 20.2. The van der Waals surface area contributed by atoms with Gasteiger partial charge in [-0.05, 0) is 76.4 Å². The number of nitrogens with one attached hydrogen (secondary N) is 1. The Kier molecular flexibility index (Phi) is 6.47. The van der Waals surface area contributed by atoms with Gasteiger partial charge in [-0.15, -0.1) is 0 Å². The smallest absolute Gasteiger partial charge is 0.170 e. The largest absolute Gasteiger partial charge is 0.376 e. The van der Waals surface area contributed by atoms with Crippen LogP contribution >= 0.6 is 12.2 Å². The molecule has 0 radical (unpaired) electrons. The van der Waals surface area contributed by atoms with Crippen molar-refractivity contribution in [2.45, 2.75) is 44.0 Å². The van der Waals surface area contributed by atoms with Crippen molar-refractivity contribution in [1.82, 2.24) is 24.7 Å². The molecule has 6 nitrogen and oxygen atoms in total. The third-order valence-corrected chi connectivity index (χ3v) is 6.15. The average molecular weight is 414 g/mol. The van der Waals surface area contributed by atoms with Crippen molar-refractivity contribution in [2.75, 3.05) is 33.8 Å². The van der Waals surface area contributed by atoms with Crippen molar-refractivity contribution >= 4 is 17.3 Å². The fraction of sp³-hybridized carbons (Fsp3) is 0.545. The molecule has 0 unspecified atom stereocenters. The van der Waals surface area contributed by atoms with Gasteiger partial charge >= 0.3 is 0 Å². The Balaban J connectivity index is 1.62. The molecule has 29 heavy (non-hydrogen) atoms. The van der Waals surface area contributed by atoms with Crippen LogP contribution < -0.4 is 5.32 Å². The normalized spacial score (nSPS) is 24.4. The Hall–Kier alpha value is -1.96. The van der Waals surface area contributed by atoms with E-state index in [1.54, 1.807) is 0 Å². The maximum atomic E-state index is 5.90. The predicted molar refractivity (Wildman–Crippen MR) is 119 cm³/mol. The summed E-state index contributed by atoms with van der Waals surface area (Å²) >= 11 is 5.77. The van der Waals surface area contributed by atoms with Gasteiger partial charge in [-0.3, -0.25) is 4.98 Å². The highest BCUT2D eigenvalue weighted by atomic mass is 32.1. The highest BCUT2D eigenvalue weighted by molar-refractivity contribution is 7.80. The summed E-state index contributed by atoms with van der Waals surface area (Å²) in [5.74, 6) is 0. The number of ether oxygens (including phenoxy) is 1. The minimum Gasteiger partial charge on any atom is -0.376 e. The number of rotatable bonds is 8. The van der Waals surface area contributed by atoms with Crippen molar-refractivity contribution in [3.8, 4) is 0 Å². The third kappa shape index (κ3) is 4.63. The molecule has 156 valence electrons. The molecule has 4 rings (SSSR count). The van der Waals surface area contributed by atoms with Crippen molar-refractivity contribution in [1.29, 1.82) is 0 Å². The van der Waals surface area contributed by atoms with Gasteiger partial charge in [0.2, 0.25) is 0 Å². The lowest BCUT2D eigenvalue weighted by Crippen LogP contribution is -2.33. The average Bonchev–Trinajstić information content (AvgIpc) is 3.44. The Morgan fingerprint density at radius 3 is 2.90 bits per heavy atom. The summed E-state index contributed by atoms with van der Waals surface area (Å²) in [6.07, 6.45) is 7.69. The molecule has 4 heterocycles. The van der Waals surface area contributed by atoms with Gasteiger partial charge in [-0.1, -0.05) is 6.07 Å². The summed E-state index contributed by atoms with van der Waals surface area (Å²) in [6.45, 7) is 3.73. The van der Waals surface area contributed by atoms with Gasteiger partial charge in [-0.2, -0.15) is 0 Å². The van der Waals surface area contributed by atoms with Gasteiger partial charge in [0.15, 0.2) is 5.11 Å². The number of aromatic nitrogens is 2. The quantitative estimate of drug-likeness (QED) is 0.672. The second-order valence-electron chi connectivity index (χ2n) is 8.20. The molecule has 0 aromatic carbocycles. The summed E-state index contributed by atoms with van der Waals surface area (Å²) in [4.78, 5) is 9.21. The van der Waals surface area contributed by atoms with E-state index in [0.29, 0.717) is 6.10 Å². The first-order chi connectivity index (χ1) is 14.1. The predicted octanol–water partition coefficient (Wildman–Crippen LogP) is 2.99. The van der Waals surface area contributed by atoms with Crippen molar-refractivity contribution < 1.29 is 4.74 Å². The molecule has 2 aliphatic heterocycles. The summed E-state index contributed by atoms with van der Waals surface area (Å²) in [5.41, 5.74) is 2.30. The molecule has 0 aliphatic carbocycles. The fourth-order valence-corrected chi connectivity index (χ4v) is 4.73. The zero-order valence-corrected chi connectivity index (χ0v) is 18.1. The minimum absolute atomic E-state index is 0.0428. The molecule has 2 aromatic heterocycles. The number of nitrogens with zero attached hydrogens (tertiary/aromatic N) is 4. The van der Waals surface area contributed by atoms with E-state index in [4.69, 9.17) is 17.0 Å². The second kappa shape index (κ2) is 9.24. The first-order valence-corrected chi connectivity index (χ1v) is 10.9. The second-order valence-corrected chi connectivity index (χ2v) is 8.58. The molecule has 7 heteroatoms. The lowest BCUT2D eigenvalue weighted by Gasteiger charge is -2.29. The van der Waals surface area contributed by atoms with Crippen LogP contribution in [0.1, 0.15) is 42.7 Å². The molecule has 2 fully saturated rings. The van der Waals surface area contributed by atoms with Gasteiger partial charge in [0.05, 0.1) is 23.9 Å². The summed E-state index contributed by atoms with van der Waals surface area (Å²) in [6, 6.07) is 10.6. The van der Waals surface area contributed by atoms with Crippen LogP contribution in [-0.2, 0) is 11.3 Å². The molecular weight excluding hydrogens is 382 g/mol. The highest BCUT2D eigenvalue weighted by Crippen LogP contribution is 2.39. The van der Waals surface area contributed by atoms with Crippen molar-refractivity contribution in [2.24, 2.45) is 0 Å². The Morgan fingerprint density at radius 2 is 2.17 bits per heavy atom. The van der Waals surface area contributed by atoms with Gasteiger partial charge < -0.3 is 24.4 Å². The zero-order valence-electron chi connectivity index (χ0n) is 17.3. The molecular formula is C22H31N5OS. The van der Waals surface area contributed by atoms with Gasteiger partial charge in [0, 0.05) is 37.8 Å². The van der Waals surface area contributed by atoms with Crippen LogP contribution in [0.2, 0.25) is 0 Å². The summed E-state index contributed by atoms with van der Waals surface area (Å²) in [5, 5.41) is 4.37. The fourth-order valence-electron chi connectivity index (χ4n) is 4.39. The summed E-state index contributed by atoms with van der Waals surface area (Å²) < 4.78 is 8.25. The summed E-state index contributed by atoms with van der Waals surface area (Å²) in [7, 11) is 4.23. The van der Waals surface area contributed by atoms with Gasteiger partial charge in [-0.25, -0.2) is 0 Å². The van der Waals surface area contributed by atoms with E-state index in [2.05, 4.69) is 63.2 Å². The van der Waals surface area contributed by atoms with Gasteiger partial charge in [0.25, 0.3) is 0 Å². The van der Waals surface area contributed by atoms with Gasteiger partial charge in [0.1, 0.15) is 0 Å². The number of hydrogen-bond acceptors (Lipinski definition) is 4. The Bertz CT molecular complexity index is 803. The number of pyridine rings is 1. The third-order valence-electron chi connectivity index (χ3n) is 5.79. The van der Waals surface area contributed by atoms with E-state index < -0.39 is 0 Å². The van der Waals surface area contributed by atoms with Crippen LogP contribution in [0.5, 0.6) is 0 Å². The highest BCUT2D eigenvalue weighted by Gasteiger charge is 2.41. The molecule has 0 amide bonds. The first-order valence-electron chi connectivity index (χ1n) is 10.5. The molecule has 3 atom stereocenters. The Morgan fingerprint density at radius 1 is 1.28 bits per heavy atom. The Labute approximate surface area is 178 Å². The lowest BCUT2D eigenvalue weighted by molar-refractivity contribution is 0.0953. The van der Waals surface area contributed by atoms with Crippen molar-refractivity contribution in [3.63, 3.8) is 0 Å². The van der Waals surface area contributed by atoms with E-state index in [-0.39, 0.29) is 12.1 Å². The molecule has 0 saturated carbocycles. The van der Waals surface area contributed by atoms with Crippen LogP contribution in [0.15, 0.2) is 42.7 Å². The topological polar surface area (TPSA) is 45.6 Å². The molecule has 2 aromatic rings. The van der Waals surface area contributed by atoms with Crippen LogP contribution in [0.25, 0.3) is 0 Å². The van der Waals surface area contributed by atoms with Crippen LogP contribution in [0.3, 0.4) is 0 Å². The maximum Gasteiger partial charge on any atom is 0.170 e. The van der Waals surface area contributed by atoms with E-state index in [0.717, 1.165) is 56.3 Å². The molecule has 2 saturated heterocycles. The monoisotopic (exact) mass is 413 g/mol. The SMILES string of the molecule is CN(C)CCCN1C(=S)N[C@@H](c2ccccn2)[C@H]1c1cccn1C[C@@H]1CCCO1. The van der Waals surface area contributed by atoms with E-state index in [1.807, 2.05) is 18.3 Å². The van der Waals surface area contributed by atoms with Crippen LogP contribution in [0, 0.1) is 0 Å². The molecule has 1 N–H and O–H groups in total. The van der Waals surface area contributed by atoms with E-state index in [9.17, 15) is 0 Å². The van der Waals surface area contributed by atoms with E-state index >= 15 is 0 Å². The number of thiocarbonyl (C=S) groups is 1. The molecule has 2 aliphatic rings. The molecule has 0 bridgehead atoms. The van der Waals surface area contributed by atoms with E-state index in [1.165, 1.54) is 5.69 Å². The number of hydrogen-bond donors (Lipinski definition) is 1. The maximum absolute atomic E-state index is 5.90.